The van der Waals surface area contributed by atoms with Gasteiger partial charge in [-0.1, -0.05) is 0 Å². The molecule has 0 spiro atoms. The number of carbonyl (C=O) groups excluding carboxylic acids is 3. The third kappa shape index (κ3) is 1.90. The lowest BCUT2D eigenvalue weighted by Gasteiger charge is -2.55. The number of carbonyl (C=O) groups is 3. The maximum absolute atomic E-state index is 12.4. The van der Waals surface area contributed by atoms with Crippen molar-refractivity contribution in [2.75, 3.05) is 20.0 Å². The van der Waals surface area contributed by atoms with Gasteiger partial charge in [-0.05, 0) is 12.5 Å². The lowest BCUT2D eigenvalue weighted by atomic mass is 9.98. The maximum Gasteiger partial charge on any atom is 0.354 e. The van der Waals surface area contributed by atoms with E-state index in [0.29, 0.717) is 5.75 Å². The van der Waals surface area contributed by atoms with E-state index in [0.717, 1.165) is 5.57 Å². The molecule has 2 rings (SSSR count). The average Bonchev–Trinajstić information content (AvgIpc) is 2.42. The van der Waals surface area contributed by atoms with Gasteiger partial charge in [-0.25, -0.2) is 4.79 Å². The van der Waals surface area contributed by atoms with Crippen LogP contribution in [0.5, 0.6) is 0 Å². The van der Waals surface area contributed by atoms with Crippen LogP contribution >= 0.6 is 11.8 Å². The number of β-lactam (4-membered cyclic amide) rings is 1. The molecular weight excluding hydrogens is 284 g/mol. The number of fused-ring (bicyclic) bond motifs is 1. The highest BCUT2D eigenvalue weighted by Crippen LogP contribution is 2.46. The summed E-state index contributed by atoms with van der Waals surface area (Å²) in [5.41, 5.74) is -0.408. The van der Waals surface area contributed by atoms with Gasteiger partial charge in [-0.2, -0.15) is 0 Å². The molecule has 2 heterocycles. The predicted molar refractivity (Wildman–Crippen MR) is 71.4 cm³/mol. The summed E-state index contributed by atoms with van der Waals surface area (Å²) in [6, 6.07) is 0. The van der Waals surface area contributed by atoms with Crippen molar-refractivity contribution < 1.29 is 23.9 Å². The minimum absolute atomic E-state index is 0.235. The number of hydrogen-bond donors (Lipinski definition) is 1. The van der Waals surface area contributed by atoms with E-state index in [4.69, 9.17) is 9.47 Å². The number of thioether (sulfide) groups is 1. The molecule has 7 nitrogen and oxygen atoms in total. The molecule has 0 aliphatic carbocycles. The van der Waals surface area contributed by atoms with Gasteiger partial charge < -0.3 is 14.8 Å². The summed E-state index contributed by atoms with van der Waals surface area (Å²) < 4.78 is 9.96. The summed E-state index contributed by atoms with van der Waals surface area (Å²) in [5.74, 6) is -0.837. The van der Waals surface area contributed by atoms with E-state index in [1.807, 2.05) is 0 Å². The van der Waals surface area contributed by atoms with Gasteiger partial charge in [0.15, 0.2) is 0 Å². The van der Waals surface area contributed by atoms with Crippen molar-refractivity contribution in [3.63, 3.8) is 0 Å². The largest absolute Gasteiger partial charge is 0.464 e. The van der Waals surface area contributed by atoms with Crippen LogP contribution in [0.3, 0.4) is 0 Å². The number of ether oxygens (including phenoxy) is 2. The summed E-state index contributed by atoms with van der Waals surface area (Å²) in [4.78, 5) is 36.8. The Hall–Kier alpha value is -1.54. The van der Waals surface area contributed by atoms with Gasteiger partial charge in [0.1, 0.15) is 11.1 Å². The van der Waals surface area contributed by atoms with Gasteiger partial charge >= 0.3 is 5.97 Å². The number of esters is 1. The second-order valence-electron chi connectivity index (χ2n) is 4.58. The summed E-state index contributed by atoms with van der Waals surface area (Å²) in [5, 5.41) is 2.07. The molecular formula is C12H16N2O5S. The van der Waals surface area contributed by atoms with Gasteiger partial charge in [-0.15, -0.1) is 11.8 Å². The number of rotatable bonds is 3. The Bertz CT molecular complexity index is 518. The van der Waals surface area contributed by atoms with E-state index in [1.54, 1.807) is 6.92 Å². The zero-order chi connectivity index (χ0) is 15.1. The van der Waals surface area contributed by atoms with Crippen LogP contribution < -0.4 is 5.32 Å². The van der Waals surface area contributed by atoms with Crippen LogP contribution in [-0.4, -0.2) is 53.8 Å². The highest BCUT2D eigenvalue weighted by atomic mass is 32.2. The second-order valence-corrected chi connectivity index (χ2v) is 5.65. The normalized spacial score (nSPS) is 28.7. The van der Waals surface area contributed by atoms with Crippen molar-refractivity contribution in [1.82, 2.24) is 10.2 Å². The van der Waals surface area contributed by atoms with E-state index in [-0.39, 0.29) is 11.6 Å². The highest BCUT2D eigenvalue weighted by molar-refractivity contribution is 8.00. The predicted octanol–water partition coefficient (Wildman–Crippen LogP) is -0.173. The van der Waals surface area contributed by atoms with E-state index < -0.39 is 23.0 Å². The van der Waals surface area contributed by atoms with Gasteiger partial charge in [0.2, 0.25) is 5.91 Å². The average molecular weight is 300 g/mol. The molecule has 20 heavy (non-hydrogen) atoms. The molecule has 1 N–H and O–H groups in total. The lowest BCUT2D eigenvalue weighted by molar-refractivity contribution is -0.192. The Labute approximate surface area is 120 Å². The summed E-state index contributed by atoms with van der Waals surface area (Å²) >= 11 is 1.43. The van der Waals surface area contributed by atoms with Crippen LogP contribution in [-0.2, 0) is 23.9 Å². The summed E-state index contributed by atoms with van der Waals surface area (Å²) in [7, 11) is 2.62. The Morgan fingerprint density at radius 3 is 2.60 bits per heavy atom. The third-order valence-electron chi connectivity index (χ3n) is 3.28. The van der Waals surface area contributed by atoms with Crippen molar-refractivity contribution in [2.24, 2.45) is 0 Å². The molecule has 0 aromatic carbocycles. The third-order valence-corrected chi connectivity index (χ3v) is 4.74. The number of nitrogens with one attached hydrogen (secondary N) is 1. The van der Waals surface area contributed by atoms with Crippen LogP contribution in [0.4, 0.5) is 0 Å². The van der Waals surface area contributed by atoms with Crippen LogP contribution in [0.25, 0.3) is 0 Å². The molecule has 0 radical (unpaired) electrons. The molecule has 0 aromatic rings. The second kappa shape index (κ2) is 5.10. The number of nitrogens with zero attached hydrogens (tertiary/aromatic N) is 1. The number of methoxy groups -OCH3 is 2. The van der Waals surface area contributed by atoms with Crippen molar-refractivity contribution in [2.45, 2.75) is 24.9 Å². The quantitative estimate of drug-likeness (QED) is 0.442. The number of hydrogen-bond acceptors (Lipinski definition) is 6. The lowest BCUT2D eigenvalue weighted by Crippen LogP contribution is -2.80. The first-order valence-electron chi connectivity index (χ1n) is 5.96. The molecule has 0 bridgehead atoms. The standard InChI is InChI=1S/C12H16N2O5S/c1-6-5-20-11-12(19-4,13-7(2)15)10(17)14(11)8(6)9(16)18-3/h11H,5H2,1-4H3,(H,13,15)/t11-,12?/m0/s1. The van der Waals surface area contributed by atoms with E-state index in [2.05, 4.69) is 5.32 Å². The minimum Gasteiger partial charge on any atom is -0.464 e. The fraction of sp³-hybridized carbons (Fsp3) is 0.583. The Balaban J connectivity index is 2.37. The molecule has 2 amide bonds. The molecule has 0 saturated carbocycles. The van der Waals surface area contributed by atoms with Gasteiger partial charge in [0.25, 0.3) is 11.6 Å². The van der Waals surface area contributed by atoms with Crippen LogP contribution in [0.2, 0.25) is 0 Å². The van der Waals surface area contributed by atoms with Crippen molar-refractivity contribution >= 4 is 29.5 Å². The van der Waals surface area contributed by atoms with Crippen LogP contribution in [0.1, 0.15) is 13.8 Å². The number of amides is 2. The molecule has 2 aliphatic heterocycles. The molecule has 1 unspecified atom stereocenters. The van der Waals surface area contributed by atoms with Crippen molar-refractivity contribution in [3.8, 4) is 0 Å². The minimum atomic E-state index is -1.41. The van der Waals surface area contributed by atoms with E-state index in [1.165, 1.54) is 37.8 Å². The van der Waals surface area contributed by atoms with E-state index >= 15 is 0 Å². The highest BCUT2D eigenvalue weighted by Gasteiger charge is 2.66. The monoisotopic (exact) mass is 300 g/mol. The molecule has 8 heteroatoms. The smallest absolute Gasteiger partial charge is 0.354 e. The SMILES string of the molecule is COC(=O)C1=C(C)CS[C@@H]2N1C(=O)C2(NC(C)=O)OC. The Morgan fingerprint density at radius 1 is 1.45 bits per heavy atom. The zero-order valence-corrected chi connectivity index (χ0v) is 12.5. The first-order chi connectivity index (χ1) is 9.39. The maximum atomic E-state index is 12.4. The summed E-state index contributed by atoms with van der Waals surface area (Å²) in [6.45, 7) is 3.08. The van der Waals surface area contributed by atoms with Crippen LogP contribution in [0, 0.1) is 0 Å². The fourth-order valence-electron chi connectivity index (χ4n) is 2.38. The van der Waals surface area contributed by atoms with Gasteiger partial charge in [0, 0.05) is 19.8 Å². The fourth-order valence-corrected chi connectivity index (χ4v) is 3.77. The Morgan fingerprint density at radius 2 is 2.10 bits per heavy atom. The van der Waals surface area contributed by atoms with Gasteiger partial charge in [-0.3, -0.25) is 14.5 Å². The Kier molecular flexibility index (Phi) is 3.79. The zero-order valence-electron chi connectivity index (χ0n) is 11.7. The van der Waals surface area contributed by atoms with E-state index in [9.17, 15) is 14.4 Å². The van der Waals surface area contributed by atoms with Gasteiger partial charge in [0.05, 0.1) is 7.11 Å². The first-order valence-corrected chi connectivity index (χ1v) is 7.01. The molecule has 1 saturated heterocycles. The van der Waals surface area contributed by atoms with Crippen LogP contribution in [0.15, 0.2) is 11.3 Å². The van der Waals surface area contributed by atoms with Crippen molar-refractivity contribution in [3.05, 3.63) is 11.3 Å². The molecule has 2 atom stereocenters. The molecule has 2 aliphatic rings. The topological polar surface area (TPSA) is 84.9 Å². The molecule has 1 fully saturated rings. The molecule has 0 aromatic heterocycles. The molecule has 110 valence electrons. The summed E-state index contributed by atoms with van der Waals surface area (Å²) in [6.07, 6.45) is 0. The van der Waals surface area contributed by atoms with Crippen molar-refractivity contribution in [1.29, 1.82) is 0 Å². The first kappa shape index (κ1) is 14.9.